The number of nitrogens with zero attached hydrogens (tertiary/aromatic N) is 1. The zero-order chi connectivity index (χ0) is 14.8. The Hall–Kier alpha value is -2.20. The lowest BCUT2D eigenvalue weighted by atomic mass is 10.1. The zero-order valence-corrected chi connectivity index (χ0v) is 12.9. The van der Waals surface area contributed by atoms with Crippen molar-refractivity contribution in [3.8, 4) is 11.5 Å². The highest BCUT2D eigenvalue weighted by atomic mass is 79.9. The van der Waals surface area contributed by atoms with Crippen LogP contribution in [0.15, 0.2) is 59.2 Å². The second kappa shape index (κ2) is 5.66. The quantitative estimate of drug-likeness (QED) is 0.630. The van der Waals surface area contributed by atoms with Crippen LogP contribution in [0.3, 0.4) is 0 Å². The van der Waals surface area contributed by atoms with Gasteiger partial charge in [-0.3, -0.25) is 9.78 Å². The number of hydrogen-bond donors (Lipinski definition) is 0. The summed E-state index contributed by atoms with van der Waals surface area (Å²) in [5.74, 6) is 1.16. The van der Waals surface area contributed by atoms with Gasteiger partial charge >= 0.3 is 0 Å². The second-order valence-electron chi connectivity index (χ2n) is 4.66. The number of hydrogen-bond acceptors (Lipinski definition) is 3. The molecule has 4 heteroatoms. The van der Waals surface area contributed by atoms with Crippen molar-refractivity contribution < 1.29 is 9.53 Å². The number of rotatable bonds is 3. The summed E-state index contributed by atoms with van der Waals surface area (Å²) in [5, 5.41) is 1.05. The maximum atomic E-state index is 11.7. The van der Waals surface area contributed by atoms with Crippen molar-refractivity contribution in [2.75, 3.05) is 0 Å². The van der Waals surface area contributed by atoms with Crippen molar-refractivity contribution in [2.45, 2.75) is 6.92 Å². The van der Waals surface area contributed by atoms with E-state index in [1.165, 1.54) is 6.92 Å². The number of aromatic nitrogens is 1. The predicted octanol–water partition coefficient (Wildman–Crippen LogP) is 4.99. The highest BCUT2D eigenvalue weighted by Gasteiger charge is 2.10. The van der Waals surface area contributed by atoms with Crippen LogP contribution in [0.1, 0.15) is 17.3 Å². The molecule has 0 radical (unpaired) electrons. The summed E-state index contributed by atoms with van der Waals surface area (Å²) in [4.78, 5) is 16.0. The van der Waals surface area contributed by atoms with Crippen molar-refractivity contribution >= 4 is 32.6 Å². The Morgan fingerprint density at radius 2 is 2.00 bits per heavy atom. The number of halogens is 1. The summed E-state index contributed by atoms with van der Waals surface area (Å²) in [6.07, 6.45) is 1.74. The van der Waals surface area contributed by atoms with Gasteiger partial charge < -0.3 is 4.74 Å². The van der Waals surface area contributed by atoms with E-state index in [9.17, 15) is 4.79 Å². The van der Waals surface area contributed by atoms with Gasteiger partial charge in [0, 0.05) is 22.1 Å². The molecule has 0 spiro atoms. The van der Waals surface area contributed by atoms with Gasteiger partial charge in [0.1, 0.15) is 11.5 Å². The van der Waals surface area contributed by atoms with Gasteiger partial charge in [0.25, 0.3) is 0 Å². The summed E-state index contributed by atoms with van der Waals surface area (Å²) >= 11 is 3.36. The third-order valence-corrected chi connectivity index (χ3v) is 3.62. The summed E-state index contributed by atoms with van der Waals surface area (Å²) in [7, 11) is 0. The molecular weight excluding hydrogens is 330 g/mol. The third-order valence-electron chi connectivity index (χ3n) is 3.13. The molecule has 3 aromatic rings. The molecule has 0 amide bonds. The number of carbonyl (C=O) groups is 1. The monoisotopic (exact) mass is 341 g/mol. The minimum absolute atomic E-state index is 0.0368. The number of Topliss-reactive ketones (excluding diaryl/α,β-unsaturated/α-hetero) is 1. The van der Waals surface area contributed by atoms with Gasteiger partial charge in [-0.1, -0.05) is 22.0 Å². The molecule has 0 fully saturated rings. The van der Waals surface area contributed by atoms with Crippen LogP contribution in [0.25, 0.3) is 10.9 Å². The molecule has 0 aliphatic carbocycles. The molecule has 0 aliphatic rings. The standard InChI is InChI=1S/C17H12BrNO2/c1-11(20)15-9-13(18)5-7-17(15)21-14-6-4-12-3-2-8-19-16(12)10-14/h2-10H,1H3. The van der Waals surface area contributed by atoms with E-state index < -0.39 is 0 Å². The molecule has 0 bridgehead atoms. The number of fused-ring (bicyclic) bond motifs is 1. The number of benzene rings is 2. The van der Waals surface area contributed by atoms with Crippen molar-refractivity contribution in [1.29, 1.82) is 0 Å². The van der Waals surface area contributed by atoms with Gasteiger partial charge in [0.15, 0.2) is 5.78 Å². The minimum atomic E-state index is -0.0368. The molecular formula is C17H12BrNO2. The molecule has 0 N–H and O–H groups in total. The maximum Gasteiger partial charge on any atom is 0.163 e. The molecule has 104 valence electrons. The molecule has 0 unspecified atom stereocenters. The van der Waals surface area contributed by atoms with Gasteiger partial charge in [0.05, 0.1) is 11.1 Å². The average Bonchev–Trinajstić information content (AvgIpc) is 2.49. The molecule has 1 heterocycles. The first-order chi connectivity index (χ1) is 10.1. The first-order valence-corrected chi connectivity index (χ1v) is 7.26. The summed E-state index contributed by atoms with van der Waals surface area (Å²) in [5.41, 5.74) is 1.40. The summed E-state index contributed by atoms with van der Waals surface area (Å²) in [6, 6.07) is 15.0. The lowest BCUT2D eigenvalue weighted by Crippen LogP contribution is -1.97. The molecule has 21 heavy (non-hydrogen) atoms. The van der Waals surface area contributed by atoms with E-state index in [4.69, 9.17) is 4.74 Å². The van der Waals surface area contributed by atoms with Crippen LogP contribution >= 0.6 is 15.9 Å². The Kier molecular flexibility index (Phi) is 3.71. The minimum Gasteiger partial charge on any atom is -0.457 e. The number of ether oxygens (including phenoxy) is 1. The van der Waals surface area contributed by atoms with E-state index in [0.29, 0.717) is 17.1 Å². The highest BCUT2D eigenvalue weighted by Crippen LogP contribution is 2.29. The number of carbonyl (C=O) groups excluding carboxylic acids is 1. The fourth-order valence-electron chi connectivity index (χ4n) is 2.10. The Bertz CT molecular complexity index is 830. The molecule has 0 saturated carbocycles. The van der Waals surface area contributed by atoms with Gasteiger partial charge in [-0.15, -0.1) is 0 Å². The lowest BCUT2D eigenvalue weighted by Gasteiger charge is -2.10. The Morgan fingerprint density at radius 3 is 2.81 bits per heavy atom. The Balaban J connectivity index is 2.00. The topological polar surface area (TPSA) is 39.2 Å². The van der Waals surface area contributed by atoms with Crippen LogP contribution in [0.2, 0.25) is 0 Å². The Morgan fingerprint density at radius 1 is 1.14 bits per heavy atom. The van der Waals surface area contributed by atoms with Gasteiger partial charge in [-0.05, 0) is 43.3 Å². The second-order valence-corrected chi connectivity index (χ2v) is 5.57. The normalized spacial score (nSPS) is 10.6. The SMILES string of the molecule is CC(=O)c1cc(Br)ccc1Oc1ccc2cccnc2c1. The van der Waals surface area contributed by atoms with E-state index in [-0.39, 0.29) is 5.78 Å². The zero-order valence-electron chi connectivity index (χ0n) is 11.3. The summed E-state index contributed by atoms with van der Waals surface area (Å²) < 4.78 is 6.70. The lowest BCUT2D eigenvalue weighted by molar-refractivity contribution is 0.101. The summed E-state index contributed by atoms with van der Waals surface area (Å²) in [6.45, 7) is 1.52. The molecule has 1 aromatic heterocycles. The van der Waals surface area contributed by atoms with E-state index in [1.54, 1.807) is 18.3 Å². The van der Waals surface area contributed by atoms with Crippen molar-refractivity contribution in [1.82, 2.24) is 4.98 Å². The maximum absolute atomic E-state index is 11.7. The smallest absolute Gasteiger partial charge is 0.163 e. The number of ketones is 1. The van der Waals surface area contributed by atoms with E-state index >= 15 is 0 Å². The van der Waals surface area contributed by atoms with Crippen LogP contribution in [-0.2, 0) is 0 Å². The van der Waals surface area contributed by atoms with Gasteiger partial charge in [-0.2, -0.15) is 0 Å². The fraction of sp³-hybridized carbons (Fsp3) is 0.0588. The fourth-order valence-corrected chi connectivity index (χ4v) is 2.46. The van der Waals surface area contributed by atoms with Crippen LogP contribution in [0, 0.1) is 0 Å². The first kappa shape index (κ1) is 13.8. The van der Waals surface area contributed by atoms with E-state index in [2.05, 4.69) is 20.9 Å². The highest BCUT2D eigenvalue weighted by molar-refractivity contribution is 9.10. The van der Waals surface area contributed by atoms with Crippen LogP contribution in [-0.4, -0.2) is 10.8 Å². The van der Waals surface area contributed by atoms with Crippen LogP contribution in [0.5, 0.6) is 11.5 Å². The molecule has 3 nitrogen and oxygen atoms in total. The molecule has 3 rings (SSSR count). The number of pyridine rings is 1. The van der Waals surface area contributed by atoms with Gasteiger partial charge in [-0.25, -0.2) is 0 Å². The molecule has 2 aromatic carbocycles. The van der Waals surface area contributed by atoms with Gasteiger partial charge in [0.2, 0.25) is 0 Å². The van der Waals surface area contributed by atoms with E-state index in [0.717, 1.165) is 15.4 Å². The van der Waals surface area contributed by atoms with Crippen molar-refractivity contribution in [2.24, 2.45) is 0 Å². The Labute approximate surface area is 130 Å². The van der Waals surface area contributed by atoms with Crippen LogP contribution in [0.4, 0.5) is 0 Å². The first-order valence-electron chi connectivity index (χ1n) is 6.46. The van der Waals surface area contributed by atoms with Crippen LogP contribution < -0.4 is 4.74 Å². The van der Waals surface area contributed by atoms with Crippen molar-refractivity contribution in [3.05, 3.63) is 64.8 Å². The largest absolute Gasteiger partial charge is 0.457 e. The van der Waals surface area contributed by atoms with Crippen molar-refractivity contribution in [3.63, 3.8) is 0 Å². The average molecular weight is 342 g/mol. The third kappa shape index (κ3) is 2.95. The molecule has 0 atom stereocenters. The molecule has 0 aliphatic heterocycles. The van der Waals surface area contributed by atoms with E-state index in [1.807, 2.05) is 36.4 Å². The predicted molar refractivity (Wildman–Crippen MR) is 86.0 cm³/mol. The molecule has 0 saturated heterocycles.